The molecule has 1 aromatic heterocycles. The number of nitrogens with zero attached hydrogens (tertiary/aromatic N) is 2. The Morgan fingerprint density at radius 2 is 2.19 bits per heavy atom. The molecule has 0 amide bonds. The molecule has 0 aromatic carbocycles. The van der Waals surface area contributed by atoms with Crippen LogP contribution in [0, 0.1) is 5.92 Å². The van der Waals surface area contributed by atoms with E-state index < -0.39 is 5.97 Å². The van der Waals surface area contributed by atoms with Crippen LogP contribution in [0.3, 0.4) is 0 Å². The van der Waals surface area contributed by atoms with Gasteiger partial charge in [-0.15, -0.1) is 0 Å². The van der Waals surface area contributed by atoms with Gasteiger partial charge in [0.25, 0.3) is 0 Å². The number of aliphatic carboxylic acids is 1. The van der Waals surface area contributed by atoms with E-state index in [0.717, 1.165) is 12.2 Å². The van der Waals surface area contributed by atoms with Crippen LogP contribution in [0.5, 0.6) is 0 Å². The molecule has 0 spiro atoms. The van der Waals surface area contributed by atoms with E-state index in [1.165, 1.54) is 32.1 Å². The fourth-order valence-electron chi connectivity index (χ4n) is 2.44. The molecule has 16 heavy (non-hydrogen) atoms. The molecular weight excluding hydrogens is 204 g/mol. The lowest BCUT2D eigenvalue weighted by Crippen LogP contribution is -2.18. The van der Waals surface area contributed by atoms with Crippen LogP contribution in [0.25, 0.3) is 0 Å². The number of carbonyl (C=O) groups is 1. The van der Waals surface area contributed by atoms with Gasteiger partial charge in [0, 0.05) is 18.4 Å². The second-order valence-electron chi connectivity index (χ2n) is 4.58. The predicted molar refractivity (Wildman–Crippen MR) is 60.1 cm³/mol. The average Bonchev–Trinajstić information content (AvgIpc) is 2.66. The molecule has 4 heteroatoms. The summed E-state index contributed by atoms with van der Waals surface area (Å²) in [6.07, 6.45) is 8.24. The topological polar surface area (TPSA) is 55.1 Å². The van der Waals surface area contributed by atoms with Gasteiger partial charge in [0.1, 0.15) is 0 Å². The lowest BCUT2D eigenvalue weighted by atomic mass is 9.89. The molecule has 1 fully saturated rings. The molecule has 2 rings (SSSR count). The summed E-state index contributed by atoms with van der Waals surface area (Å²) in [6.45, 7) is 0.885. The second-order valence-corrected chi connectivity index (χ2v) is 4.58. The van der Waals surface area contributed by atoms with Crippen molar-refractivity contribution in [3.63, 3.8) is 0 Å². The average molecular weight is 222 g/mol. The maximum absolute atomic E-state index is 10.7. The molecule has 0 unspecified atom stereocenters. The molecule has 1 aliphatic rings. The third-order valence-electron chi connectivity index (χ3n) is 3.29. The van der Waals surface area contributed by atoms with Crippen molar-refractivity contribution in [2.45, 2.75) is 45.1 Å². The molecule has 1 saturated carbocycles. The van der Waals surface area contributed by atoms with Crippen molar-refractivity contribution in [3.05, 3.63) is 18.0 Å². The summed E-state index contributed by atoms with van der Waals surface area (Å²) >= 11 is 0. The van der Waals surface area contributed by atoms with Crippen molar-refractivity contribution in [1.29, 1.82) is 0 Å². The molecule has 1 heterocycles. The van der Waals surface area contributed by atoms with Crippen LogP contribution in [-0.2, 0) is 17.8 Å². The standard InChI is InChI=1S/C12H18N2O2/c15-12(16)8-11-6-7-13-14(11)9-10-4-2-1-3-5-10/h6-7,10H,1-5,8-9H2,(H,15,16). The minimum atomic E-state index is -0.787. The van der Waals surface area contributed by atoms with Gasteiger partial charge in [-0.3, -0.25) is 9.48 Å². The van der Waals surface area contributed by atoms with Crippen LogP contribution in [-0.4, -0.2) is 20.9 Å². The highest BCUT2D eigenvalue weighted by molar-refractivity contribution is 5.69. The summed E-state index contributed by atoms with van der Waals surface area (Å²) in [7, 11) is 0. The summed E-state index contributed by atoms with van der Waals surface area (Å²) in [6, 6.07) is 1.80. The SMILES string of the molecule is O=C(O)Cc1ccnn1CC1CCCCC1. The summed E-state index contributed by atoms with van der Waals surface area (Å²) < 4.78 is 1.87. The molecule has 4 nitrogen and oxygen atoms in total. The van der Waals surface area contributed by atoms with Gasteiger partial charge < -0.3 is 5.11 Å². The van der Waals surface area contributed by atoms with Crippen molar-refractivity contribution in [1.82, 2.24) is 9.78 Å². The molecule has 0 atom stereocenters. The lowest BCUT2D eigenvalue weighted by Gasteiger charge is -2.22. The van der Waals surface area contributed by atoms with Crippen molar-refractivity contribution in [2.75, 3.05) is 0 Å². The third kappa shape index (κ3) is 2.84. The van der Waals surface area contributed by atoms with E-state index in [1.54, 1.807) is 12.3 Å². The second kappa shape index (κ2) is 5.14. The zero-order valence-corrected chi connectivity index (χ0v) is 9.43. The van der Waals surface area contributed by atoms with E-state index in [1.807, 2.05) is 4.68 Å². The highest BCUT2D eigenvalue weighted by atomic mass is 16.4. The molecular formula is C12H18N2O2. The van der Waals surface area contributed by atoms with Crippen molar-refractivity contribution in [2.24, 2.45) is 5.92 Å². The molecule has 0 aliphatic heterocycles. The van der Waals surface area contributed by atoms with E-state index in [0.29, 0.717) is 5.92 Å². The van der Waals surface area contributed by atoms with Crippen LogP contribution in [0.1, 0.15) is 37.8 Å². The van der Waals surface area contributed by atoms with Crippen LogP contribution >= 0.6 is 0 Å². The summed E-state index contributed by atoms with van der Waals surface area (Å²) in [5.74, 6) is -0.105. The molecule has 1 N–H and O–H groups in total. The van der Waals surface area contributed by atoms with Crippen molar-refractivity contribution in [3.8, 4) is 0 Å². The first-order chi connectivity index (χ1) is 7.75. The largest absolute Gasteiger partial charge is 0.481 e. The molecule has 0 bridgehead atoms. The van der Waals surface area contributed by atoms with E-state index in [2.05, 4.69) is 5.10 Å². The number of rotatable bonds is 4. The van der Waals surface area contributed by atoms with Crippen molar-refractivity contribution >= 4 is 5.97 Å². The van der Waals surface area contributed by atoms with Gasteiger partial charge in [-0.1, -0.05) is 19.3 Å². The number of carboxylic acids is 1. The van der Waals surface area contributed by atoms with Crippen LogP contribution in [0.2, 0.25) is 0 Å². The van der Waals surface area contributed by atoms with Gasteiger partial charge >= 0.3 is 5.97 Å². The molecule has 0 radical (unpaired) electrons. The number of hydrogen-bond acceptors (Lipinski definition) is 2. The van der Waals surface area contributed by atoms with E-state index in [9.17, 15) is 4.79 Å². The van der Waals surface area contributed by atoms with Gasteiger partial charge in [-0.2, -0.15) is 5.10 Å². The Morgan fingerprint density at radius 1 is 1.44 bits per heavy atom. The fourth-order valence-corrected chi connectivity index (χ4v) is 2.44. The van der Waals surface area contributed by atoms with Crippen LogP contribution in [0.4, 0.5) is 0 Å². The predicted octanol–water partition coefficient (Wildman–Crippen LogP) is 2.09. The van der Waals surface area contributed by atoms with Gasteiger partial charge in [-0.05, 0) is 24.8 Å². The highest BCUT2D eigenvalue weighted by Crippen LogP contribution is 2.25. The minimum absolute atomic E-state index is 0.0761. The first-order valence-electron chi connectivity index (χ1n) is 5.98. The van der Waals surface area contributed by atoms with Crippen LogP contribution in [0.15, 0.2) is 12.3 Å². The quantitative estimate of drug-likeness (QED) is 0.848. The normalized spacial score (nSPS) is 17.5. The first kappa shape index (κ1) is 11.2. The molecule has 0 saturated heterocycles. The zero-order chi connectivity index (χ0) is 11.4. The Hall–Kier alpha value is -1.32. The maximum atomic E-state index is 10.7. The fraction of sp³-hybridized carbons (Fsp3) is 0.667. The third-order valence-corrected chi connectivity index (χ3v) is 3.29. The minimum Gasteiger partial charge on any atom is -0.481 e. The lowest BCUT2D eigenvalue weighted by molar-refractivity contribution is -0.136. The number of carboxylic acid groups (broad SMARTS) is 1. The van der Waals surface area contributed by atoms with E-state index in [-0.39, 0.29) is 6.42 Å². The molecule has 88 valence electrons. The number of hydrogen-bond donors (Lipinski definition) is 1. The summed E-state index contributed by atoms with van der Waals surface area (Å²) in [5, 5.41) is 13.0. The summed E-state index contributed by atoms with van der Waals surface area (Å²) in [5.41, 5.74) is 0.818. The first-order valence-corrected chi connectivity index (χ1v) is 5.98. The summed E-state index contributed by atoms with van der Waals surface area (Å²) in [4.78, 5) is 10.7. The smallest absolute Gasteiger partial charge is 0.309 e. The van der Waals surface area contributed by atoms with Crippen molar-refractivity contribution < 1.29 is 9.90 Å². The molecule has 1 aliphatic carbocycles. The number of aromatic nitrogens is 2. The van der Waals surface area contributed by atoms with Gasteiger partial charge in [-0.25, -0.2) is 0 Å². The van der Waals surface area contributed by atoms with Crippen LogP contribution < -0.4 is 0 Å². The zero-order valence-electron chi connectivity index (χ0n) is 9.43. The Bertz CT molecular complexity index is 354. The van der Waals surface area contributed by atoms with Gasteiger partial charge in [0.05, 0.1) is 6.42 Å². The Morgan fingerprint density at radius 3 is 2.88 bits per heavy atom. The van der Waals surface area contributed by atoms with Gasteiger partial charge in [0.15, 0.2) is 0 Å². The maximum Gasteiger partial charge on any atom is 0.309 e. The van der Waals surface area contributed by atoms with E-state index in [4.69, 9.17) is 5.11 Å². The Balaban J connectivity index is 1.97. The molecule has 1 aromatic rings. The highest BCUT2D eigenvalue weighted by Gasteiger charge is 2.16. The van der Waals surface area contributed by atoms with Gasteiger partial charge in [0.2, 0.25) is 0 Å². The monoisotopic (exact) mass is 222 g/mol. The Labute approximate surface area is 95.3 Å². The van der Waals surface area contributed by atoms with E-state index >= 15 is 0 Å². The Kier molecular flexibility index (Phi) is 3.59.